The van der Waals surface area contributed by atoms with Crippen molar-refractivity contribution >= 4 is 0 Å². The standard InChI is InChI=1S/C9H12O3/c1-3-4-7-5-8(11-2)6-9(10)12-7/h5-6H,3-4H2,1-2H3. The lowest BCUT2D eigenvalue weighted by Gasteiger charge is -2.00. The van der Waals surface area contributed by atoms with Crippen LogP contribution in [0.3, 0.4) is 0 Å². The van der Waals surface area contributed by atoms with Crippen LogP contribution < -0.4 is 10.4 Å². The first-order valence-electron chi connectivity index (χ1n) is 3.94. The SMILES string of the molecule is CCCc1cc(OC)cc(=O)o1. The van der Waals surface area contributed by atoms with Crippen molar-refractivity contribution in [3.05, 3.63) is 28.3 Å². The number of hydrogen-bond donors (Lipinski definition) is 0. The molecule has 0 fully saturated rings. The Labute approximate surface area is 71.0 Å². The maximum absolute atomic E-state index is 10.9. The molecule has 1 aromatic rings. The van der Waals surface area contributed by atoms with Crippen LogP contribution >= 0.6 is 0 Å². The van der Waals surface area contributed by atoms with Crippen LogP contribution in [0, 0.1) is 0 Å². The van der Waals surface area contributed by atoms with Gasteiger partial charge in [0.05, 0.1) is 13.2 Å². The van der Waals surface area contributed by atoms with E-state index in [-0.39, 0.29) is 5.63 Å². The van der Waals surface area contributed by atoms with Crippen LogP contribution in [0.1, 0.15) is 19.1 Å². The van der Waals surface area contributed by atoms with Gasteiger partial charge in [0, 0.05) is 12.5 Å². The van der Waals surface area contributed by atoms with Crippen LogP contribution in [-0.2, 0) is 6.42 Å². The minimum atomic E-state index is -0.349. The molecule has 0 radical (unpaired) electrons. The van der Waals surface area contributed by atoms with Crippen molar-refractivity contribution < 1.29 is 9.15 Å². The summed E-state index contributed by atoms with van der Waals surface area (Å²) < 4.78 is 9.85. The predicted octanol–water partition coefficient (Wildman–Crippen LogP) is 1.60. The molecule has 0 saturated heterocycles. The second-order valence-corrected chi connectivity index (χ2v) is 2.53. The molecule has 3 nitrogen and oxygen atoms in total. The highest BCUT2D eigenvalue weighted by Gasteiger charge is 1.99. The Hall–Kier alpha value is -1.25. The van der Waals surface area contributed by atoms with Gasteiger partial charge in [-0.15, -0.1) is 0 Å². The molecule has 0 atom stereocenters. The molecule has 0 amide bonds. The van der Waals surface area contributed by atoms with Gasteiger partial charge in [0.2, 0.25) is 0 Å². The first-order valence-corrected chi connectivity index (χ1v) is 3.94. The van der Waals surface area contributed by atoms with E-state index in [0.717, 1.165) is 12.8 Å². The quantitative estimate of drug-likeness (QED) is 0.688. The predicted molar refractivity (Wildman–Crippen MR) is 45.5 cm³/mol. The van der Waals surface area contributed by atoms with Crippen molar-refractivity contribution in [2.45, 2.75) is 19.8 Å². The Kier molecular flexibility index (Phi) is 2.91. The minimum absolute atomic E-state index is 0.349. The molecular formula is C9H12O3. The average molecular weight is 168 g/mol. The summed E-state index contributed by atoms with van der Waals surface area (Å²) >= 11 is 0. The molecule has 0 aliphatic rings. The van der Waals surface area contributed by atoms with Crippen LogP contribution in [0.5, 0.6) is 5.75 Å². The zero-order valence-corrected chi connectivity index (χ0v) is 7.29. The molecule has 0 bridgehead atoms. The minimum Gasteiger partial charge on any atom is -0.496 e. The van der Waals surface area contributed by atoms with Gasteiger partial charge in [0.15, 0.2) is 0 Å². The Morgan fingerprint density at radius 2 is 2.25 bits per heavy atom. The van der Waals surface area contributed by atoms with Crippen LogP contribution in [0.4, 0.5) is 0 Å². The molecule has 12 heavy (non-hydrogen) atoms. The molecule has 1 rings (SSSR count). The molecule has 0 saturated carbocycles. The monoisotopic (exact) mass is 168 g/mol. The summed E-state index contributed by atoms with van der Waals surface area (Å²) in [5.41, 5.74) is -0.349. The first-order chi connectivity index (χ1) is 5.76. The molecule has 0 aliphatic carbocycles. The number of hydrogen-bond acceptors (Lipinski definition) is 3. The van der Waals surface area contributed by atoms with Gasteiger partial charge in [-0.2, -0.15) is 0 Å². The van der Waals surface area contributed by atoms with Gasteiger partial charge in [0.1, 0.15) is 11.5 Å². The van der Waals surface area contributed by atoms with Gasteiger partial charge in [0.25, 0.3) is 0 Å². The lowest BCUT2D eigenvalue weighted by molar-refractivity contribution is 0.391. The van der Waals surface area contributed by atoms with E-state index >= 15 is 0 Å². The van der Waals surface area contributed by atoms with E-state index in [9.17, 15) is 4.79 Å². The van der Waals surface area contributed by atoms with E-state index in [1.165, 1.54) is 13.2 Å². The molecular weight excluding hydrogens is 156 g/mol. The first kappa shape index (κ1) is 8.84. The molecule has 3 heteroatoms. The molecule has 1 heterocycles. The lowest BCUT2D eigenvalue weighted by atomic mass is 10.2. The fourth-order valence-corrected chi connectivity index (χ4v) is 0.992. The summed E-state index contributed by atoms with van der Waals surface area (Å²) in [6, 6.07) is 3.07. The van der Waals surface area contributed by atoms with E-state index in [0.29, 0.717) is 11.5 Å². The van der Waals surface area contributed by atoms with Gasteiger partial charge in [-0.25, -0.2) is 4.79 Å². The third-order valence-corrected chi connectivity index (χ3v) is 1.53. The van der Waals surface area contributed by atoms with Crippen molar-refractivity contribution in [3.63, 3.8) is 0 Å². The van der Waals surface area contributed by atoms with E-state index in [1.54, 1.807) is 6.07 Å². The zero-order chi connectivity index (χ0) is 8.97. The molecule has 0 spiro atoms. The van der Waals surface area contributed by atoms with Crippen molar-refractivity contribution in [1.82, 2.24) is 0 Å². The topological polar surface area (TPSA) is 39.4 Å². The molecule has 0 unspecified atom stereocenters. The molecule has 0 aliphatic heterocycles. The number of rotatable bonds is 3. The Morgan fingerprint density at radius 3 is 2.83 bits per heavy atom. The van der Waals surface area contributed by atoms with Crippen LogP contribution in [0.15, 0.2) is 21.3 Å². The number of aryl methyl sites for hydroxylation is 1. The van der Waals surface area contributed by atoms with Crippen molar-refractivity contribution in [1.29, 1.82) is 0 Å². The van der Waals surface area contributed by atoms with Crippen LogP contribution in [0.2, 0.25) is 0 Å². The van der Waals surface area contributed by atoms with Crippen molar-refractivity contribution in [2.24, 2.45) is 0 Å². The summed E-state index contributed by atoms with van der Waals surface area (Å²) in [6.07, 6.45) is 1.72. The average Bonchev–Trinajstić information content (AvgIpc) is 2.04. The van der Waals surface area contributed by atoms with E-state index < -0.39 is 0 Å². The molecule has 0 aromatic carbocycles. The van der Waals surface area contributed by atoms with Gasteiger partial charge in [-0.1, -0.05) is 6.92 Å². The van der Waals surface area contributed by atoms with Gasteiger partial charge in [-0.3, -0.25) is 0 Å². The van der Waals surface area contributed by atoms with Gasteiger partial charge >= 0.3 is 5.63 Å². The fourth-order valence-electron chi connectivity index (χ4n) is 0.992. The largest absolute Gasteiger partial charge is 0.496 e. The highest BCUT2D eigenvalue weighted by molar-refractivity contribution is 5.20. The van der Waals surface area contributed by atoms with Crippen molar-refractivity contribution in [2.75, 3.05) is 7.11 Å². The molecule has 66 valence electrons. The summed E-state index contributed by atoms with van der Waals surface area (Å²) in [5, 5.41) is 0. The van der Waals surface area contributed by atoms with E-state index in [2.05, 4.69) is 0 Å². The summed E-state index contributed by atoms with van der Waals surface area (Å²) in [7, 11) is 1.53. The normalized spacial score (nSPS) is 9.83. The second kappa shape index (κ2) is 3.95. The van der Waals surface area contributed by atoms with Gasteiger partial charge in [-0.05, 0) is 6.42 Å². The highest BCUT2D eigenvalue weighted by atomic mass is 16.5. The summed E-state index contributed by atoms with van der Waals surface area (Å²) in [4.78, 5) is 10.9. The molecule has 0 N–H and O–H groups in total. The van der Waals surface area contributed by atoms with Crippen LogP contribution in [0.25, 0.3) is 0 Å². The Balaban J connectivity index is 2.98. The fraction of sp³-hybridized carbons (Fsp3) is 0.444. The number of methoxy groups -OCH3 is 1. The maximum atomic E-state index is 10.9. The second-order valence-electron chi connectivity index (χ2n) is 2.53. The van der Waals surface area contributed by atoms with E-state index in [4.69, 9.17) is 9.15 Å². The smallest absolute Gasteiger partial charge is 0.339 e. The van der Waals surface area contributed by atoms with Crippen molar-refractivity contribution in [3.8, 4) is 5.75 Å². The Morgan fingerprint density at radius 1 is 1.50 bits per heavy atom. The van der Waals surface area contributed by atoms with E-state index in [1.807, 2.05) is 6.92 Å². The number of ether oxygens (including phenoxy) is 1. The maximum Gasteiger partial charge on any atom is 0.339 e. The van der Waals surface area contributed by atoms with Crippen LogP contribution in [-0.4, -0.2) is 7.11 Å². The lowest BCUT2D eigenvalue weighted by Crippen LogP contribution is -2.00. The van der Waals surface area contributed by atoms with Gasteiger partial charge < -0.3 is 9.15 Å². The zero-order valence-electron chi connectivity index (χ0n) is 7.29. The summed E-state index contributed by atoms with van der Waals surface area (Å²) in [6.45, 7) is 2.03. The summed E-state index contributed by atoms with van der Waals surface area (Å²) in [5.74, 6) is 1.25. The third-order valence-electron chi connectivity index (χ3n) is 1.53. The highest BCUT2D eigenvalue weighted by Crippen LogP contribution is 2.10. The Bertz CT molecular complexity index is 301. The molecule has 1 aromatic heterocycles. The third kappa shape index (κ3) is 2.12.